The molecule has 1 aliphatic heterocycles. The highest BCUT2D eigenvalue weighted by atomic mass is 16.7. The first-order valence-electron chi connectivity index (χ1n) is 11.1. The zero-order chi connectivity index (χ0) is 22.1. The lowest BCUT2D eigenvalue weighted by molar-refractivity contribution is 0.00578. The van der Waals surface area contributed by atoms with Crippen LogP contribution in [0.5, 0.6) is 0 Å². The van der Waals surface area contributed by atoms with Gasteiger partial charge in [-0.3, -0.25) is 0 Å². The molecule has 0 radical (unpaired) electrons. The van der Waals surface area contributed by atoms with Crippen molar-refractivity contribution >= 4 is 45.3 Å². The summed E-state index contributed by atoms with van der Waals surface area (Å²) in [5, 5.41) is 4.65. The minimum atomic E-state index is -0.376. The van der Waals surface area contributed by atoms with Crippen LogP contribution >= 0.6 is 0 Å². The average Bonchev–Trinajstić information content (AvgIpc) is 3.24. The fraction of sp³-hybridized carbons (Fsp3) is 0.214. The summed E-state index contributed by atoms with van der Waals surface area (Å²) in [5.74, 6) is 0. The third kappa shape index (κ3) is 2.91. The molecule has 158 valence electrons. The fourth-order valence-corrected chi connectivity index (χ4v) is 4.58. The topological polar surface area (TPSA) is 31.6 Å². The molecule has 4 aromatic carbocycles. The smallest absolute Gasteiger partial charge is 0.456 e. The maximum Gasteiger partial charge on any atom is 0.494 e. The highest BCUT2D eigenvalue weighted by molar-refractivity contribution is 6.62. The predicted octanol–water partition coefficient (Wildman–Crippen LogP) is 6.71. The van der Waals surface area contributed by atoms with E-state index in [1.807, 2.05) is 12.1 Å². The normalized spacial score (nSPS) is 17.6. The average molecular weight is 420 g/mol. The van der Waals surface area contributed by atoms with Crippen LogP contribution in [0.3, 0.4) is 0 Å². The van der Waals surface area contributed by atoms with Crippen LogP contribution in [0.2, 0.25) is 0 Å². The van der Waals surface area contributed by atoms with Crippen LogP contribution in [-0.2, 0) is 9.31 Å². The molecule has 0 N–H and O–H groups in total. The lowest BCUT2D eigenvalue weighted by Gasteiger charge is -2.32. The molecule has 0 spiro atoms. The highest BCUT2D eigenvalue weighted by Crippen LogP contribution is 2.38. The zero-order valence-electron chi connectivity index (χ0n) is 18.8. The van der Waals surface area contributed by atoms with E-state index in [2.05, 4.69) is 94.4 Å². The summed E-state index contributed by atoms with van der Waals surface area (Å²) in [6.45, 7) is 8.34. The number of hydrogen-bond donors (Lipinski definition) is 0. The molecule has 5 aromatic rings. The molecule has 0 aliphatic carbocycles. The Hall–Kier alpha value is -3.08. The largest absolute Gasteiger partial charge is 0.494 e. The summed E-state index contributed by atoms with van der Waals surface area (Å²) in [7, 11) is -0.376. The SMILES string of the molecule is CC1(C)OB(c2cccc(-c3cccc4cc5oc6ccccc6c5cc34)c2)OC1(C)C. The van der Waals surface area contributed by atoms with Crippen molar-refractivity contribution < 1.29 is 13.7 Å². The number of rotatable bonds is 2. The summed E-state index contributed by atoms with van der Waals surface area (Å²) < 4.78 is 18.7. The van der Waals surface area contributed by atoms with Gasteiger partial charge in [-0.2, -0.15) is 0 Å². The first-order chi connectivity index (χ1) is 15.3. The quantitative estimate of drug-likeness (QED) is 0.298. The Labute approximate surface area is 188 Å². The van der Waals surface area contributed by atoms with Crippen molar-refractivity contribution in [2.45, 2.75) is 38.9 Å². The van der Waals surface area contributed by atoms with Crippen molar-refractivity contribution in [2.24, 2.45) is 0 Å². The Morgan fingerprint density at radius 1 is 0.625 bits per heavy atom. The molecule has 0 atom stereocenters. The van der Waals surface area contributed by atoms with E-state index >= 15 is 0 Å². The second-order valence-corrected chi connectivity index (χ2v) is 9.69. The molecule has 0 bridgehead atoms. The van der Waals surface area contributed by atoms with E-state index in [4.69, 9.17) is 13.7 Å². The van der Waals surface area contributed by atoms with Gasteiger partial charge in [0.05, 0.1) is 11.2 Å². The van der Waals surface area contributed by atoms with Gasteiger partial charge in [-0.1, -0.05) is 60.7 Å². The Kier molecular flexibility index (Phi) is 4.11. The first kappa shape index (κ1) is 19.6. The van der Waals surface area contributed by atoms with E-state index in [1.54, 1.807) is 0 Å². The predicted molar refractivity (Wildman–Crippen MR) is 132 cm³/mol. The molecule has 1 fully saturated rings. The number of furan rings is 1. The van der Waals surface area contributed by atoms with Gasteiger partial charge in [-0.05, 0) is 73.3 Å². The molecular formula is C28H25BO3. The Morgan fingerprint density at radius 3 is 2.19 bits per heavy atom. The van der Waals surface area contributed by atoms with Crippen LogP contribution in [0, 0.1) is 0 Å². The van der Waals surface area contributed by atoms with Crippen LogP contribution in [0.1, 0.15) is 27.7 Å². The minimum absolute atomic E-state index is 0.360. The van der Waals surface area contributed by atoms with Gasteiger partial charge in [0, 0.05) is 10.8 Å². The Balaban J connectivity index is 1.50. The van der Waals surface area contributed by atoms with E-state index < -0.39 is 0 Å². The van der Waals surface area contributed by atoms with E-state index in [-0.39, 0.29) is 18.3 Å². The van der Waals surface area contributed by atoms with Gasteiger partial charge in [-0.15, -0.1) is 0 Å². The van der Waals surface area contributed by atoms with E-state index in [9.17, 15) is 0 Å². The maximum absolute atomic E-state index is 6.29. The molecule has 6 rings (SSSR count). The first-order valence-corrected chi connectivity index (χ1v) is 11.1. The van der Waals surface area contributed by atoms with Crippen molar-refractivity contribution in [2.75, 3.05) is 0 Å². The molecule has 4 heteroatoms. The monoisotopic (exact) mass is 420 g/mol. The minimum Gasteiger partial charge on any atom is -0.456 e. The molecule has 3 nitrogen and oxygen atoms in total. The van der Waals surface area contributed by atoms with E-state index in [0.717, 1.165) is 38.4 Å². The van der Waals surface area contributed by atoms with Gasteiger partial charge in [0.15, 0.2) is 0 Å². The molecule has 32 heavy (non-hydrogen) atoms. The summed E-state index contributed by atoms with van der Waals surface area (Å²) in [6.07, 6.45) is 0. The molecule has 0 unspecified atom stereocenters. The lowest BCUT2D eigenvalue weighted by atomic mass is 9.77. The molecule has 1 saturated heterocycles. The lowest BCUT2D eigenvalue weighted by Crippen LogP contribution is -2.41. The van der Waals surface area contributed by atoms with Gasteiger partial charge < -0.3 is 13.7 Å². The van der Waals surface area contributed by atoms with Crippen LogP contribution < -0.4 is 5.46 Å². The molecule has 2 heterocycles. The summed E-state index contributed by atoms with van der Waals surface area (Å²) >= 11 is 0. The van der Waals surface area contributed by atoms with Crippen molar-refractivity contribution in [1.82, 2.24) is 0 Å². The van der Waals surface area contributed by atoms with Gasteiger partial charge >= 0.3 is 7.12 Å². The van der Waals surface area contributed by atoms with Crippen LogP contribution in [0.15, 0.2) is 83.3 Å². The second kappa shape index (κ2) is 6.71. The molecule has 1 aromatic heterocycles. The molecule has 0 saturated carbocycles. The third-order valence-electron chi connectivity index (χ3n) is 7.10. The number of fused-ring (bicyclic) bond motifs is 4. The third-order valence-corrected chi connectivity index (χ3v) is 7.10. The number of hydrogen-bond acceptors (Lipinski definition) is 3. The van der Waals surface area contributed by atoms with Gasteiger partial charge in [-0.25, -0.2) is 0 Å². The van der Waals surface area contributed by atoms with Crippen molar-refractivity contribution in [3.63, 3.8) is 0 Å². The maximum atomic E-state index is 6.29. The summed E-state index contributed by atoms with van der Waals surface area (Å²) in [6, 6.07) is 27.5. The summed E-state index contributed by atoms with van der Waals surface area (Å²) in [5.41, 5.74) is 4.49. The van der Waals surface area contributed by atoms with Crippen molar-refractivity contribution in [3.8, 4) is 11.1 Å². The van der Waals surface area contributed by atoms with Crippen molar-refractivity contribution in [3.05, 3.63) is 78.9 Å². The van der Waals surface area contributed by atoms with E-state index in [0.29, 0.717) is 0 Å². The Bertz CT molecular complexity index is 1480. The highest BCUT2D eigenvalue weighted by Gasteiger charge is 2.51. The summed E-state index contributed by atoms with van der Waals surface area (Å²) in [4.78, 5) is 0. The molecule has 0 amide bonds. The molecule has 1 aliphatic rings. The van der Waals surface area contributed by atoms with Gasteiger partial charge in [0.25, 0.3) is 0 Å². The Morgan fingerprint density at radius 2 is 1.38 bits per heavy atom. The molecular weight excluding hydrogens is 395 g/mol. The standard InChI is InChI=1S/C28H25BO3/c1-27(2)28(3,4)32-29(31-27)20-11-7-9-18(15-20)21-13-8-10-19-16-26-24(17-23(19)21)22-12-5-6-14-25(22)30-26/h5-17H,1-4H3. The number of para-hydroxylation sites is 1. The van der Waals surface area contributed by atoms with Crippen LogP contribution in [0.25, 0.3) is 43.8 Å². The number of benzene rings is 4. The van der Waals surface area contributed by atoms with Crippen LogP contribution in [-0.4, -0.2) is 18.3 Å². The van der Waals surface area contributed by atoms with Crippen LogP contribution in [0.4, 0.5) is 0 Å². The van der Waals surface area contributed by atoms with Gasteiger partial charge in [0.1, 0.15) is 11.2 Å². The van der Waals surface area contributed by atoms with Gasteiger partial charge in [0.2, 0.25) is 0 Å². The van der Waals surface area contributed by atoms with E-state index in [1.165, 1.54) is 10.9 Å². The fourth-order valence-electron chi connectivity index (χ4n) is 4.58. The second-order valence-electron chi connectivity index (χ2n) is 9.69. The zero-order valence-corrected chi connectivity index (χ0v) is 18.8. The van der Waals surface area contributed by atoms with Crippen molar-refractivity contribution in [1.29, 1.82) is 0 Å².